The van der Waals surface area contributed by atoms with Crippen molar-refractivity contribution in [2.45, 2.75) is 18.2 Å². The summed E-state index contributed by atoms with van der Waals surface area (Å²) in [5.41, 5.74) is 3.03. The summed E-state index contributed by atoms with van der Waals surface area (Å²) in [6, 6.07) is 22.9. The first-order chi connectivity index (χ1) is 13.4. The summed E-state index contributed by atoms with van der Waals surface area (Å²) in [5, 5.41) is 2.87. The third-order valence-electron chi connectivity index (χ3n) is 4.27. The maximum atomic E-state index is 12.4. The number of aryl methyl sites for hydroxylation is 1. The van der Waals surface area contributed by atoms with Crippen LogP contribution < -0.4 is 10.0 Å². The van der Waals surface area contributed by atoms with Gasteiger partial charge in [0, 0.05) is 17.8 Å². The first-order valence-electron chi connectivity index (χ1n) is 8.96. The molecular formula is C22H22N2O3S. The Labute approximate surface area is 165 Å². The molecule has 0 bridgehead atoms. The SMILES string of the molecule is Cc1ccc(S(=O)(=O)Nc2ccc(C(=O)NCCc3ccccc3)cc2)cc1. The third kappa shape index (κ3) is 5.20. The smallest absolute Gasteiger partial charge is 0.261 e. The second kappa shape index (κ2) is 8.71. The van der Waals surface area contributed by atoms with Gasteiger partial charge in [-0.1, -0.05) is 48.0 Å². The van der Waals surface area contributed by atoms with Crippen LogP contribution >= 0.6 is 0 Å². The molecule has 0 radical (unpaired) electrons. The van der Waals surface area contributed by atoms with Gasteiger partial charge < -0.3 is 5.32 Å². The quantitative estimate of drug-likeness (QED) is 0.641. The Hall–Kier alpha value is -3.12. The van der Waals surface area contributed by atoms with Gasteiger partial charge in [-0.05, 0) is 55.3 Å². The lowest BCUT2D eigenvalue weighted by Crippen LogP contribution is -2.25. The Morgan fingerprint density at radius 2 is 1.50 bits per heavy atom. The predicted molar refractivity (Wildman–Crippen MR) is 111 cm³/mol. The van der Waals surface area contributed by atoms with Crippen LogP contribution in [0.2, 0.25) is 0 Å². The third-order valence-corrected chi connectivity index (χ3v) is 5.67. The van der Waals surface area contributed by atoms with Crippen LogP contribution in [0.5, 0.6) is 0 Å². The van der Waals surface area contributed by atoms with Crippen LogP contribution in [0.3, 0.4) is 0 Å². The number of carbonyl (C=O) groups excluding carboxylic acids is 1. The molecule has 3 aromatic carbocycles. The maximum absolute atomic E-state index is 12.4. The van der Waals surface area contributed by atoms with E-state index in [1.807, 2.05) is 37.3 Å². The molecule has 1 amide bonds. The summed E-state index contributed by atoms with van der Waals surface area (Å²) in [6.07, 6.45) is 0.751. The number of hydrogen-bond acceptors (Lipinski definition) is 3. The van der Waals surface area contributed by atoms with Crippen molar-refractivity contribution in [1.29, 1.82) is 0 Å². The molecule has 0 aliphatic carbocycles. The number of amides is 1. The van der Waals surface area contributed by atoms with E-state index >= 15 is 0 Å². The van der Waals surface area contributed by atoms with Crippen molar-refractivity contribution < 1.29 is 13.2 Å². The molecule has 0 saturated carbocycles. The molecule has 0 aliphatic heterocycles. The number of anilines is 1. The summed E-state index contributed by atoms with van der Waals surface area (Å²) in [5.74, 6) is -0.191. The van der Waals surface area contributed by atoms with Crippen molar-refractivity contribution in [3.8, 4) is 0 Å². The zero-order valence-electron chi connectivity index (χ0n) is 15.6. The first kappa shape index (κ1) is 19.6. The van der Waals surface area contributed by atoms with Gasteiger partial charge in [0.15, 0.2) is 0 Å². The van der Waals surface area contributed by atoms with Crippen LogP contribution in [0.25, 0.3) is 0 Å². The second-order valence-corrected chi connectivity index (χ2v) is 8.17. The normalized spacial score (nSPS) is 11.0. The van der Waals surface area contributed by atoms with Crippen LogP contribution in [0.4, 0.5) is 5.69 Å². The van der Waals surface area contributed by atoms with Crippen LogP contribution in [0.1, 0.15) is 21.5 Å². The Morgan fingerprint density at radius 3 is 2.14 bits per heavy atom. The van der Waals surface area contributed by atoms with Crippen molar-refractivity contribution in [3.05, 3.63) is 95.6 Å². The average molecular weight is 394 g/mol. The standard InChI is InChI=1S/C22H22N2O3S/c1-17-7-13-21(14-8-17)28(26,27)24-20-11-9-19(10-12-20)22(25)23-16-15-18-5-3-2-4-6-18/h2-14,24H,15-16H2,1H3,(H,23,25). The Balaban J connectivity index is 1.58. The lowest BCUT2D eigenvalue weighted by atomic mass is 10.1. The van der Waals surface area contributed by atoms with Crippen molar-refractivity contribution in [2.24, 2.45) is 0 Å². The van der Waals surface area contributed by atoms with Gasteiger partial charge in [0.05, 0.1) is 4.90 Å². The van der Waals surface area contributed by atoms with Crippen LogP contribution in [0, 0.1) is 6.92 Å². The summed E-state index contributed by atoms with van der Waals surface area (Å²) >= 11 is 0. The van der Waals surface area contributed by atoms with Crippen molar-refractivity contribution in [2.75, 3.05) is 11.3 Å². The lowest BCUT2D eigenvalue weighted by Gasteiger charge is -2.09. The highest BCUT2D eigenvalue weighted by Crippen LogP contribution is 2.17. The minimum absolute atomic E-state index is 0.191. The topological polar surface area (TPSA) is 75.3 Å². The predicted octanol–water partition coefficient (Wildman–Crippen LogP) is 3.77. The minimum Gasteiger partial charge on any atom is -0.352 e. The largest absolute Gasteiger partial charge is 0.352 e. The molecule has 0 saturated heterocycles. The Bertz CT molecular complexity index is 1030. The molecular weight excluding hydrogens is 372 g/mol. The summed E-state index contributed by atoms with van der Waals surface area (Å²) in [6.45, 7) is 2.43. The average Bonchev–Trinajstić information content (AvgIpc) is 2.69. The van der Waals surface area contributed by atoms with Gasteiger partial charge in [0.2, 0.25) is 0 Å². The molecule has 0 aromatic heterocycles. The molecule has 0 heterocycles. The molecule has 2 N–H and O–H groups in total. The van der Waals surface area contributed by atoms with E-state index in [-0.39, 0.29) is 10.8 Å². The molecule has 0 aliphatic rings. The molecule has 0 spiro atoms. The van der Waals surface area contributed by atoms with Crippen molar-refractivity contribution in [1.82, 2.24) is 5.32 Å². The Kier molecular flexibility index (Phi) is 6.11. The number of sulfonamides is 1. The Morgan fingerprint density at radius 1 is 0.857 bits per heavy atom. The first-order valence-corrected chi connectivity index (χ1v) is 10.4. The molecule has 0 fully saturated rings. The highest BCUT2D eigenvalue weighted by molar-refractivity contribution is 7.92. The van der Waals surface area contributed by atoms with Gasteiger partial charge in [-0.3, -0.25) is 9.52 Å². The minimum atomic E-state index is -3.66. The van der Waals surface area contributed by atoms with Gasteiger partial charge in [0.25, 0.3) is 15.9 Å². The zero-order valence-corrected chi connectivity index (χ0v) is 16.4. The van der Waals surface area contributed by atoms with E-state index in [2.05, 4.69) is 10.0 Å². The van der Waals surface area contributed by atoms with E-state index in [0.29, 0.717) is 17.8 Å². The molecule has 0 unspecified atom stereocenters. The van der Waals surface area contributed by atoms with E-state index in [4.69, 9.17) is 0 Å². The number of rotatable bonds is 7. The van der Waals surface area contributed by atoms with Crippen molar-refractivity contribution in [3.63, 3.8) is 0 Å². The molecule has 0 atom stereocenters. The number of carbonyl (C=O) groups is 1. The van der Waals surface area contributed by atoms with E-state index in [1.165, 1.54) is 0 Å². The van der Waals surface area contributed by atoms with Gasteiger partial charge in [0.1, 0.15) is 0 Å². The van der Waals surface area contributed by atoms with Gasteiger partial charge in [-0.25, -0.2) is 8.42 Å². The molecule has 28 heavy (non-hydrogen) atoms. The fourth-order valence-electron chi connectivity index (χ4n) is 2.69. The summed E-state index contributed by atoms with van der Waals surface area (Å²) < 4.78 is 27.4. The van der Waals surface area contributed by atoms with Gasteiger partial charge in [-0.15, -0.1) is 0 Å². The molecule has 144 valence electrons. The van der Waals surface area contributed by atoms with E-state index in [0.717, 1.165) is 17.5 Å². The number of benzene rings is 3. The van der Waals surface area contributed by atoms with Crippen LogP contribution in [-0.4, -0.2) is 20.9 Å². The zero-order chi connectivity index (χ0) is 20.0. The molecule has 6 heteroatoms. The van der Waals surface area contributed by atoms with E-state index in [9.17, 15) is 13.2 Å². The fraction of sp³-hybridized carbons (Fsp3) is 0.136. The lowest BCUT2D eigenvalue weighted by molar-refractivity contribution is 0.0954. The highest BCUT2D eigenvalue weighted by Gasteiger charge is 2.14. The monoisotopic (exact) mass is 394 g/mol. The highest BCUT2D eigenvalue weighted by atomic mass is 32.2. The number of hydrogen-bond donors (Lipinski definition) is 2. The van der Waals surface area contributed by atoms with Gasteiger partial charge >= 0.3 is 0 Å². The molecule has 3 rings (SSSR count). The van der Waals surface area contributed by atoms with Crippen molar-refractivity contribution >= 4 is 21.6 Å². The van der Waals surface area contributed by atoms with Gasteiger partial charge in [-0.2, -0.15) is 0 Å². The summed E-state index contributed by atoms with van der Waals surface area (Å²) in [7, 11) is -3.66. The van der Waals surface area contributed by atoms with Crippen LogP contribution in [-0.2, 0) is 16.4 Å². The second-order valence-electron chi connectivity index (χ2n) is 6.49. The van der Waals surface area contributed by atoms with E-state index in [1.54, 1.807) is 48.5 Å². The van der Waals surface area contributed by atoms with E-state index < -0.39 is 10.0 Å². The van der Waals surface area contributed by atoms with Crippen LogP contribution in [0.15, 0.2) is 83.8 Å². The fourth-order valence-corrected chi connectivity index (χ4v) is 3.75. The molecule has 5 nitrogen and oxygen atoms in total. The summed E-state index contributed by atoms with van der Waals surface area (Å²) in [4.78, 5) is 12.4. The number of nitrogens with one attached hydrogen (secondary N) is 2. The molecule has 3 aromatic rings. The maximum Gasteiger partial charge on any atom is 0.261 e.